The molecule has 0 radical (unpaired) electrons. The van der Waals surface area contributed by atoms with Crippen molar-refractivity contribution in [1.29, 1.82) is 0 Å². The standard InChI is InChI=1S/C68H106O6/c1-4-7-10-13-16-19-22-25-28-30-32-33-34-35-36-38-40-43-46-49-52-55-58-61-67(70)73-64-65(63-72-66(69)60-57-54-51-48-45-42-39-27-24-21-18-15-12-9-6-3)74-68(71)62-59-56-53-50-47-44-41-37-31-29-26-23-20-17-14-11-8-5-2/h7,9-10,12,16,18-21,23,25,27-29,31-33,35-36,39-40,43,45,48-49,52,65H,4-6,8,11,13-15,17,22,24,26,30,34,37-38,41-42,44,46-47,50-51,53-64H2,1-3H3/b10-7-,12-9-,19-16-,21-18-,23-20-,28-25-,31-29-,33-32-,36-35-,39-27-,43-40-,48-45-,52-49-. The molecular formula is C68H106O6. The normalized spacial score (nSPS) is 13.3. The summed E-state index contributed by atoms with van der Waals surface area (Å²) in [5.74, 6) is -1.04. The second-order valence-corrected chi connectivity index (χ2v) is 18.8. The van der Waals surface area contributed by atoms with Crippen molar-refractivity contribution < 1.29 is 28.6 Å². The highest BCUT2D eigenvalue weighted by Crippen LogP contribution is 2.13. The van der Waals surface area contributed by atoms with Gasteiger partial charge in [-0.1, -0.05) is 230 Å². The molecule has 0 aliphatic heterocycles. The molecule has 0 bridgehead atoms. The van der Waals surface area contributed by atoms with Gasteiger partial charge < -0.3 is 14.2 Å². The summed E-state index contributed by atoms with van der Waals surface area (Å²) in [6.45, 7) is 6.29. The number of hydrogen-bond acceptors (Lipinski definition) is 6. The molecular weight excluding hydrogens is 913 g/mol. The van der Waals surface area contributed by atoms with E-state index in [9.17, 15) is 14.4 Å². The quantitative estimate of drug-likeness (QED) is 0.0261. The SMILES string of the molecule is CC/C=C\C/C=C\C/C=C\C/C=C\C/C=C\C/C=C\C/C=C\CCCC(=O)OCC(COC(=O)CCCC/C=C\C/C=C\C/C=C\C/C=C\CC)OC(=O)CCCCCCCCC/C=C\C/C=C\CCCCCC. The first kappa shape index (κ1) is 69.0. The van der Waals surface area contributed by atoms with Gasteiger partial charge in [0.15, 0.2) is 6.10 Å². The Morgan fingerprint density at radius 2 is 0.541 bits per heavy atom. The van der Waals surface area contributed by atoms with Crippen LogP contribution in [0.3, 0.4) is 0 Å². The number of hydrogen-bond donors (Lipinski definition) is 0. The molecule has 0 aromatic carbocycles. The van der Waals surface area contributed by atoms with E-state index in [2.05, 4.69) is 179 Å². The molecule has 0 saturated carbocycles. The van der Waals surface area contributed by atoms with Gasteiger partial charge in [-0.15, -0.1) is 0 Å². The molecule has 0 aromatic heterocycles. The maximum absolute atomic E-state index is 12.9. The predicted molar refractivity (Wildman–Crippen MR) is 320 cm³/mol. The van der Waals surface area contributed by atoms with E-state index in [-0.39, 0.29) is 44.0 Å². The minimum absolute atomic E-state index is 0.128. The van der Waals surface area contributed by atoms with Gasteiger partial charge in [0, 0.05) is 19.3 Å². The van der Waals surface area contributed by atoms with Gasteiger partial charge in [0.1, 0.15) is 13.2 Å². The predicted octanol–water partition coefficient (Wildman–Crippen LogP) is 20.1. The van der Waals surface area contributed by atoms with Crippen molar-refractivity contribution in [2.45, 2.75) is 239 Å². The Morgan fingerprint density at radius 1 is 0.284 bits per heavy atom. The van der Waals surface area contributed by atoms with Crippen LogP contribution in [0, 0.1) is 0 Å². The monoisotopic (exact) mass is 1020 g/mol. The van der Waals surface area contributed by atoms with Gasteiger partial charge in [0.2, 0.25) is 0 Å². The van der Waals surface area contributed by atoms with E-state index in [1.807, 2.05) is 0 Å². The van der Waals surface area contributed by atoms with E-state index >= 15 is 0 Å². The van der Waals surface area contributed by atoms with Gasteiger partial charge >= 0.3 is 17.9 Å². The fraction of sp³-hybridized carbons (Fsp3) is 0.574. The highest BCUT2D eigenvalue weighted by Gasteiger charge is 2.19. The molecule has 414 valence electrons. The van der Waals surface area contributed by atoms with Crippen LogP contribution < -0.4 is 0 Å². The molecule has 6 heteroatoms. The summed E-state index contributed by atoms with van der Waals surface area (Å²) in [4.78, 5) is 38.2. The largest absolute Gasteiger partial charge is 0.462 e. The van der Waals surface area contributed by atoms with Crippen LogP contribution in [0.2, 0.25) is 0 Å². The molecule has 1 unspecified atom stereocenters. The van der Waals surface area contributed by atoms with Crippen LogP contribution in [-0.4, -0.2) is 37.2 Å². The Bertz CT molecular complexity index is 1690. The third-order valence-corrected chi connectivity index (χ3v) is 11.7. The number of carbonyl (C=O) groups is 3. The minimum atomic E-state index is -0.832. The zero-order chi connectivity index (χ0) is 53.6. The van der Waals surface area contributed by atoms with Crippen molar-refractivity contribution in [3.8, 4) is 0 Å². The minimum Gasteiger partial charge on any atom is -0.462 e. The van der Waals surface area contributed by atoms with E-state index in [0.29, 0.717) is 19.3 Å². The van der Waals surface area contributed by atoms with Crippen LogP contribution in [0.25, 0.3) is 0 Å². The summed E-state index contributed by atoms with van der Waals surface area (Å²) in [6, 6.07) is 0. The van der Waals surface area contributed by atoms with Crippen LogP contribution in [0.4, 0.5) is 0 Å². The number of ether oxygens (including phenoxy) is 3. The number of unbranched alkanes of at least 4 members (excludes halogenated alkanes) is 14. The van der Waals surface area contributed by atoms with Crippen LogP contribution in [0.5, 0.6) is 0 Å². The Morgan fingerprint density at radius 3 is 0.905 bits per heavy atom. The molecule has 1 atom stereocenters. The molecule has 0 spiro atoms. The first-order valence-electron chi connectivity index (χ1n) is 29.5. The number of carbonyl (C=O) groups excluding carboxylic acids is 3. The topological polar surface area (TPSA) is 78.9 Å². The van der Waals surface area contributed by atoms with E-state index in [4.69, 9.17) is 14.2 Å². The zero-order valence-electron chi connectivity index (χ0n) is 47.3. The molecule has 0 amide bonds. The lowest BCUT2D eigenvalue weighted by Crippen LogP contribution is -2.30. The summed E-state index contributed by atoms with van der Waals surface area (Å²) in [6.07, 6.45) is 88.1. The highest BCUT2D eigenvalue weighted by molar-refractivity contribution is 5.71. The molecule has 0 aromatic rings. The fourth-order valence-corrected chi connectivity index (χ4v) is 7.39. The Kier molecular flexibility index (Phi) is 56.5. The first-order valence-corrected chi connectivity index (χ1v) is 29.5. The second-order valence-electron chi connectivity index (χ2n) is 18.8. The van der Waals surface area contributed by atoms with Gasteiger partial charge in [-0.3, -0.25) is 14.4 Å². The first-order chi connectivity index (χ1) is 36.5. The lowest BCUT2D eigenvalue weighted by Gasteiger charge is -2.18. The second kappa shape index (κ2) is 60.6. The van der Waals surface area contributed by atoms with Crippen LogP contribution >= 0.6 is 0 Å². The van der Waals surface area contributed by atoms with Crippen molar-refractivity contribution in [2.75, 3.05) is 13.2 Å². The van der Waals surface area contributed by atoms with Crippen molar-refractivity contribution in [2.24, 2.45) is 0 Å². The van der Waals surface area contributed by atoms with Crippen LogP contribution in [0.15, 0.2) is 158 Å². The highest BCUT2D eigenvalue weighted by atomic mass is 16.6. The summed E-state index contributed by atoms with van der Waals surface area (Å²) in [7, 11) is 0. The fourth-order valence-electron chi connectivity index (χ4n) is 7.39. The van der Waals surface area contributed by atoms with Crippen molar-refractivity contribution in [1.82, 2.24) is 0 Å². The number of esters is 3. The van der Waals surface area contributed by atoms with E-state index in [1.165, 1.54) is 51.4 Å². The molecule has 0 aliphatic rings. The van der Waals surface area contributed by atoms with Gasteiger partial charge in [-0.2, -0.15) is 0 Å². The molecule has 0 rings (SSSR count). The molecule has 0 aliphatic carbocycles. The van der Waals surface area contributed by atoms with Crippen molar-refractivity contribution in [3.63, 3.8) is 0 Å². The third kappa shape index (κ3) is 57.9. The molecule has 74 heavy (non-hydrogen) atoms. The lowest BCUT2D eigenvalue weighted by atomic mass is 10.1. The van der Waals surface area contributed by atoms with E-state index < -0.39 is 6.10 Å². The molecule has 0 N–H and O–H groups in total. The van der Waals surface area contributed by atoms with Gasteiger partial charge in [-0.05, 0) is 141 Å². The molecule has 6 nitrogen and oxygen atoms in total. The number of rotatable bonds is 51. The maximum Gasteiger partial charge on any atom is 0.306 e. The van der Waals surface area contributed by atoms with Gasteiger partial charge in [0.05, 0.1) is 0 Å². The van der Waals surface area contributed by atoms with Crippen molar-refractivity contribution in [3.05, 3.63) is 158 Å². The number of allylic oxidation sites excluding steroid dienone is 26. The summed E-state index contributed by atoms with van der Waals surface area (Å²) < 4.78 is 16.8. The third-order valence-electron chi connectivity index (χ3n) is 11.7. The Balaban J connectivity index is 4.57. The van der Waals surface area contributed by atoms with Crippen LogP contribution in [-0.2, 0) is 28.6 Å². The Hall–Kier alpha value is -4.97. The summed E-state index contributed by atoms with van der Waals surface area (Å²) in [5, 5.41) is 0. The van der Waals surface area contributed by atoms with Gasteiger partial charge in [-0.25, -0.2) is 0 Å². The molecule has 0 saturated heterocycles. The van der Waals surface area contributed by atoms with Gasteiger partial charge in [0.25, 0.3) is 0 Å². The molecule has 0 fully saturated rings. The zero-order valence-corrected chi connectivity index (χ0v) is 47.3. The maximum atomic E-state index is 12.9. The van der Waals surface area contributed by atoms with Crippen molar-refractivity contribution >= 4 is 17.9 Å². The summed E-state index contributed by atoms with van der Waals surface area (Å²) in [5.41, 5.74) is 0. The van der Waals surface area contributed by atoms with E-state index in [1.54, 1.807) is 0 Å². The summed E-state index contributed by atoms with van der Waals surface area (Å²) >= 11 is 0. The lowest BCUT2D eigenvalue weighted by molar-refractivity contribution is -0.167. The smallest absolute Gasteiger partial charge is 0.306 e. The average molecular weight is 1020 g/mol. The Labute approximate surface area is 454 Å². The van der Waals surface area contributed by atoms with E-state index in [0.717, 1.165) is 128 Å². The molecule has 0 heterocycles. The average Bonchev–Trinajstić information content (AvgIpc) is 3.40. The van der Waals surface area contributed by atoms with Crippen LogP contribution in [0.1, 0.15) is 233 Å².